The van der Waals surface area contributed by atoms with Crippen molar-refractivity contribution >= 4 is 21.8 Å². The third kappa shape index (κ3) is 4.87. The van der Waals surface area contributed by atoms with Crippen molar-refractivity contribution < 1.29 is 18.0 Å². The topological polar surface area (TPSA) is 104 Å². The smallest absolute Gasteiger partial charge is 0.315 e. The van der Waals surface area contributed by atoms with Crippen LogP contribution in [0.4, 0.5) is 4.79 Å². The minimum atomic E-state index is -3.03. The predicted molar refractivity (Wildman–Crippen MR) is 78.5 cm³/mol. The van der Waals surface area contributed by atoms with Gasteiger partial charge in [0, 0.05) is 12.1 Å². The predicted octanol–water partition coefficient (Wildman–Crippen LogP) is -0.224. The summed E-state index contributed by atoms with van der Waals surface area (Å²) in [5.41, 5.74) is 0. The van der Waals surface area contributed by atoms with Crippen molar-refractivity contribution in [1.82, 2.24) is 16.0 Å². The molecule has 1 heterocycles. The highest BCUT2D eigenvalue weighted by Crippen LogP contribution is 2.19. The van der Waals surface area contributed by atoms with Gasteiger partial charge in [0.25, 0.3) is 0 Å². The van der Waals surface area contributed by atoms with Crippen molar-refractivity contribution in [1.29, 1.82) is 0 Å². The lowest BCUT2D eigenvalue weighted by atomic mass is 10.0. The maximum absolute atomic E-state index is 12.1. The Morgan fingerprint density at radius 1 is 1.05 bits per heavy atom. The number of hydrogen-bond acceptors (Lipinski definition) is 4. The number of amides is 3. The minimum absolute atomic E-state index is 0.0268. The number of nitrogens with one attached hydrogen (secondary N) is 3. The molecule has 21 heavy (non-hydrogen) atoms. The van der Waals surface area contributed by atoms with Crippen LogP contribution in [0.5, 0.6) is 0 Å². The van der Waals surface area contributed by atoms with E-state index in [2.05, 4.69) is 16.0 Å². The van der Waals surface area contributed by atoms with Crippen LogP contribution >= 0.6 is 0 Å². The number of carbonyl (C=O) groups excluding carboxylic acids is 2. The fourth-order valence-corrected chi connectivity index (χ4v) is 4.00. The lowest BCUT2D eigenvalue weighted by Gasteiger charge is -2.23. The van der Waals surface area contributed by atoms with Gasteiger partial charge in [0.2, 0.25) is 5.91 Å². The van der Waals surface area contributed by atoms with Gasteiger partial charge in [-0.05, 0) is 25.2 Å². The normalized spacial score (nSPS) is 25.4. The molecule has 0 aromatic rings. The molecule has 1 saturated heterocycles. The van der Waals surface area contributed by atoms with E-state index in [1.807, 2.05) is 13.8 Å². The van der Waals surface area contributed by atoms with E-state index in [0.29, 0.717) is 6.42 Å². The van der Waals surface area contributed by atoms with Crippen LogP contribution in [0, 0.1) is 5.92 Å². The summed E-state index contributed by atoms with van der Waals surface area (Å²) < 4.78 is 22.7. The summed E-state index contributed by atoms with van der Waals surface area (Å²) in [7, 11) is -3.03. The molecule has 0 aromatic heterocycles. The molecule has 8 heteroatoms. The molecule has 3 amide bonds. The summed E-state index contributed by atoms with van der Waals surface area (Å²) in [5, 5.41) is 8.15. The van der Waals surface area contributed by atoms with E-state index in [9.17, 15) is 18.0 Å². The molecule has 0 spiro atoms. The summed E-state index contributed by atoms with van der Waals surface area (Å²) in [6, 6.07) is -1.22. The van der Waals surface area contributed by atoms with Crippen molar-refractivity contribution in [2.45, 2.75) is 51.2 Å². The first-order chi connectivity index (χ1) is 9.77. The van der Waals surface area contributed by atoms with Gasteiger partial charge in [0.15, 0.2) is 9.84 Å². The van der Waals surface area contributed by atoms with Crippen LogP contribution in [-0.2, 0) is 14.6 Å². The zero-order chi connectivity index (χ0) is 15.6. The zero-order valence-corrected chi connectivity index (χ0v) is 13.2. The van der Waals surface area contributed by atoms with Gasteiger partial charge in [-0.25, -0.2) is 13.2 Å². The third-order valence-electron chi connectivity index (χ3n) is 3.73. The second-order valence-electron chi connectivity index (χ2n) is 6.22. The molecular weight excluding hydrogens is 294 g/mol. The van der Waals surface area contributed by atoms with Crippen molar-refractivity contribution in [2.24, 2.45) is 5.92 Å². The Bertz CT molecular complexity index is 514. The second kappa shape index (κ2) is 6.21. The van der Waals surface area contributed by atoms with Gasteiger partial charge in [-0.2, -0.15) is 0 Å². The molecule has 0 aromatic carbocycles. The van der Waals surface area contributed by atoms with E-state index < -0.39 is 21.9 Å². The molecule has 2 fully saturated rings. The fraction of sp³-hybridized carbons (Fsp3) is 0.846. The highest BCUT2D eigenvalue weighted by molar-refractivity contribution is 7.91. The van der Waals surface area contributed by atoms with E-state index in [4.69, 9.17) is 0 Å². The monoisotopic (exact) mass is 317 g/mol. The van der Waals surface area contributed by atoms with Gasteiger partial charge in [-0.3, -0.25) is 4.79 Å². The van der Waals surface area contributed by atoms with Gasteiger partial charge in [0.05, 0.1) is 11.5 Å². The first-order valence-electron chi connectivity index (χ1n) is 7.34. The molecule has 1 aliphatic carbocycles. The van der Waals surface area contributed by atoms with Crippen molar-refractivity contribution in [3.8, 4) is 0 Å². The van der Waals surface area contributed by atoms with Crippen molar-refractivity contribution in [3.63, 3.8) is 0 Å². The summed E-state index contributed by atoms with van der Waals surface area (Å²) >= 11 is 0. The van der Waals surface area contributed by atoms with E-state index in [1.54, 1.807) is 0 Å². The lowest BCUT2D eigenvalue weighted by molar-refractivity contribution is -0.124. The standard InChI is InChI=1S/C13H23N3O4S/c1-8(2)11(12(17)14-9-3-4-9)16-13(18)15-10-5-6-21(19,20)7-10/h8-11H,3-7H2,1-2H3,(H,14,17)(H2,15,16,18)/t10-,11+/m1/s1. The Labute approximate surface area is 125 Å². The molecule has 7 nitrogen and oxygen atoms in total. The number of rotatable bonds is 5. The summed E-state index contributed by atoms with van der Waals surface area (Å²) in [6.45, 7) is 3.72. The van der Waals surface area contributed by atoms with Crippen LogP contribution in [0.1, 0.15) is 33.1 Å². The van der Waals surface area contributed by atoms with Crippen LogP contribution in [-0.4, -0.2) is 50.0 Å². The number of sulfone groups is 1. The average molecular weight is 317 g/mol. The number of hydrogen-bond donors (Lipinski definition) is 3. The molecular formula is C13H23N3O4S. The van der Waals surface area contributed by atoms with Gasteiger partial charge < -0.3 is 16.0 Å². The largest absolute Gasteiger partial charge is 0.352 e. The Hall–Kier alpha value is -1.31. The van der Waals surface area contributed by atoms with Gasteiger partial charge in [0.1, 0.15) is 6.04 Å². The maximum Gasteiger partial charge on any atom is 0.315 e. The first kappa shape index (κ1) is 16.1. The van der Waals surface area contributed by atoms with Gasteiger partial charge in [-0.1, -0.05) is 13.8 Å². The van der Waals surface area contributed by atoms with Crippen LogP contribution in [0.25, 0.3) is 0 Å². The summed E-state index contributed by atoms with van der Waals surface area (Å²) in [6.07, 6.45) is 2.40. The van der Waals surface area contributed by atoms with E-state index in [0.717, 1.165) is 12.8 Å². The molecule has 0 radical (unpaired) electrons. The molecule has 0 bridgehead atoms. The van der Waals surface area contributed by atoms with E-state index in [-0.39, 0.29) is 35.4 Å². The van der Waals surface area contributed by atoms with Crippen molar-refractivity contribution in [3.05, 3.63) is 0 Å². The molecule has 1 saturated carbocycles. The Morgan fingerprint density at radius 2 is 1.71 bits per heavy atom. The molecule has 2 rings (SSSR count). The lowest BCUT2D eigenvalue weighted by Crippen LogP contribution is -2.54. The van der Waals surface area contributed by atoms with E-state index in [1.165, 1.54) is 0 Å². The molecule has 1 aliphatic heterocycles. The first-order valence-corrected chi connectivity index (χ1v) is 9.17. The van der Waals surface area contributed by atoms with Crippen LogP contribution in [0.3, 0.4) is 0 Å². The SMILES string of the molecule is CC(C)[C@H](NC(=O)N[C@@H]1CCS(=O)(=O)C1)C(=O)NC1CC1. The Balaban J connectivity index is 1.84. The molecule has 3 N–H and O–H groups in total. The Kier molecular flexibility index (Phi) is 4.75. The molecule has 2 aliphatic rings. The van der Waals surface area contributed by atoms with Crippen LogP contribution in [0.2, 0.25) is 0 Å². The second-order valence-corrected chi connectivity index (χ2v) is 8.45. The fourth-order valence-electron chi connectivity index (χ4n) is 2.33. The summed E-state index contributed by atoms with van der Waals surface area (Å²) in [5.74, 6) is -0.141. The molecule has 0 unspecified atom stereocenters. The van der Waals surface area contributed by atoms with Gasteiger partial charge >= 0.3 is 6.03 Å². The zero-order valence-electron chi connectivity index (χ0n) is 12.4. The maximum atomic E-state index is 12.1. The van der Waals surface area contributed by atoms with E-state index >= 15 is 0 Å². The van der Waals surface area contributed by atoms with Crippen molar-refractivity contribution in [2.75, 3.05) is 11.5 Å². The third-order valence-corrected chi connectivity index (χ3v) is 5.50. The quantitative estimate of drug-likeness (QED) is 0.652. The van der Waals surface area contributed by atoms with Gasteiger partial charge in [-0.15, -0.1) is 0 Å². The Morgan fingerprint density at radius 3 is 2.19 bits per heavy atom. The highest BCUT2D eigenvalue weighted by Gasteiger charge is 2.32. The average Bonchev–Trinajstić information content (AvgIpc) is 3.10. The van der Waals surface area contributed by atoms with Crippen LogP contribution < -0.4 is 16.0 Å². The summed E-state index contributed by atoms with van der Waals surface area (Å²) in [4.78, 5) is 24.0. The minimum Gasteiger partial charge on any atom is -0.352 e. The number of urea groups is 1. The number of carbonyl (C=O) groups is 2. The van der Waals surface area contributed by atoms with Crippen LogP contribution in [0.15, 0.2) is 0 Å². The molecule has 2 atom stereocenters. The molecule has 120 valence electrons. The highest BCUT2D eigenvalue weighted by atomic mass is 32.2.